The summed E-state index contributed by atoms with van der Waals surface area (Å²) in [5.74, 6) is 0. The van der Waals surface area contributed by atoms with Crippen LogP contribution in [0.2, 0.25) is 0 Å². The van der Waals surface area contributed by atoms with Crippen LogP contribution in [0.15, 0.2) is 23.1 Å². The molecule has 3 N–H and O–H groups in total. The molecule has 6 nitrogen and oxygen atoms in total. The maximum absolute atomic E-state index is 11.9. The van der Waals surface area contributed by atoms with E-state index >= 15 is 0 Å². The molecule has 1 aliphatic heterocycles. The lowest BCUT2D eigenvalue weighted by atomic mass is 10.1. The predicted molar refractivity (Wildman–Crippen MR) is 84.0 cm³/mol. The number of piperidine rings is 1. The zero-order valence-electron chi connectivity index (χ0n) is 12.5. The molecule has 0 radical (unpaired) electrons. The molecule has 0 spiro atoms. The summed E-state index contributed by atoms with van der Waals surface area (Å²) in [6.45, 7) is 4.26. The van der Waals surface area contributed by atoms with E-state index in [0.717, 1.165) is 31.6 Å². The third kappa shape index (κ3) is 3.66. The third-order valence-corrected chi connectivity index (χ3v) is 5.11. The molecule has 1 aliphatic rings. The molecule has 0 aromatic heterocycles. The summed E-state index contributed by atoms with van der Waals surface area (Å²) < 4.78 is 31.8. The first kappa shape index (κ1) is 16.1. The fourth-order valence-corrected chi connectivity index (χ4v) is 3.36. The number of hydrogen-bond acceptors (Lipinski definition) is 5. The van der Waals surface area contributed by atoms with Gasteiger partial charge in [0.25, 0.3) is 0 Å². The van der Waals surface area contributed by atoms with Gasteiger partial charge in [0.1, 0.15) is 0 Å². The average Bonchev–Trinajstić information content (AvgIpc) is 2.48. The van der Waals surface area contributed by atoms with Gasteiger partial charge in [0.15, 0.2) is 0 Å². The van der Waals surface area contributed by atoms with E-state index in [1.165, 1.54) is 13.1 Å². The van der Waals surface area contributed by atoms with Gasteiger partial charge in [-0.05, 0) is 45.0 Å². The van der Waals surface area contributed by atoms with Gasteiger partial charge in [-0.1, -0.05) is 0 Å². The molecule has 1 fully saturated rings. The molecule has 118 valence electrons. The fraction of sp³-hybridized carbons (Fsp3) is 0.571. The molecule has 1 aromatic carbocycles. The number of ether oxygens (including phenoxy) is 1. The van der Waals surface area contributed by atoms with Gasteiger partial charge in [0.2, 0.25) is 10.0 Å². The van der Waals surface area contributed by atoms with Crippen LogP contribution >= 0.6 is 0 Å². The quantitative estimate of drug-likeness (QED) is 0.798. The molecular weight excluding hydrogens is 290 g/mol. The maximum Gasteiger partial charge on any atom is 0.240 e. The summed E-state index contributed by atoms with van der Waals surface area (Å²) in [7, 11) is -2.06. The number of rotatable bonds is 5. The van der Waals surface area contributed by atoms with Crippen LogP contribution in [0.4, 0.5) is 11.4 Å². The predicted octanol–water partition coefficient (Wildman–Crippen LogP) is 1.18. The number of anilines is 2. The Morgan fingerprint density at radius 3 is 2.90 bits per heavy atom. The van der Waals surface area contributed by atoms with Crippen LogP contribution in [-0.4, -0.2) is 41.3 Å². The molecule has 1 aromatic rings. The summed E-state index contributed by atoms with van der Waals surface area (Å²) in [6, 6.07) is 4.80. The van der Waals surface area contributed by atoms with Crippen molar-refractivity contribution in [3.8, 4) is 0 Å². The lowest BCUT2D eigenvalue weighted by Crippen LogP contribution is -2.40. The standard InChI is InChI=1S/C14H23N3O3S/c1-3-20-11-5-4-8-17(10-11)14-9-12(6-7-13(14)15)21(18,19)16-2/h6-7,9,11,16H,3-5,8,10,15H2,1-2H3. The minimum Gasteiger partial charge on any atom is -0.397 e. The van der Waals surface area contributed by atoms with E-state index in [9.17, 15) is 8.42 Å². The largest absolute Gasteiger partial charge is 0.397 e. The normalized spacial score (nSPS) is 19.7. The first-order valence-electron chi connectivity index (χ1n) is 7.17. The molecule has 0 saturated carbocycles. The Kier molecular flexibility index (Phi) is 5.08. The molecule has 1 atom stereocenters. The highest BCUT2D eigenvalue weighted by atomic mass is 32.2. The number of nitrogens with two attached hydrogens (primary N) is 1. The highest BCUT2D eigenvalue weighted by Crippen LogP contribution is 2.29. The van der Waals surface area contributed by atoms with E-state index in [2.05, 4.69) is 9.62 Å². The molecule has 0 amide bonds. The van der Waals surface area contributed by atoms with E-state index in [-0.39, 0.29) is 11.0 Å². The van der Waals surface area contributed by atoms with Crippen molar-refractivity contribution in [2.45, 2.75) is 30.8 Å². The Labute approximate surface area is 126 Å². The van der Waals surface area contributed by atoms with Gasteiger partial charge in [-0.2, -0.15) is 0 Å². The van der Waals surface area contributed by atoms with Crippen molar-refractivity contribution in [1.29, 1.82) is 0 Å². The Morgan fingerprint density at radius 1 is 1.48 bits per heavy atom. The monoisotopic (exact) mass is 313 g/mol. The van der Waals surface area contributed by atoms with Crippen molar-refractivity contribution in [3.05, 3.63) is 18.2 Å². The molecule has 1 unspecified atom stereocenters. The Bertz CT molecular complexity index is 587. The van der Waals surface area contributed by atoms with Crippen molar-refractivity contribution in [2.75, 3.05) is 37.4 Å². The summed E-state index contributed by atoms with van der Waals surface area (Å²) in [6.07, 6.45) is 2.21. The number of hydrogen-bond donors (Lipinski definition) is 2. The number of nitrogens with one attached hydrogen (secondary N) is 1. The topological polar surface area (TPSA) is 84.7 Å². The zero-order chi connectivity index (χ0) is 15.5. The van der Waals surface area contributed by atoms with Crippen LogP contribution in [0.3, 0.4) is 0 Å². The molecule has 21 heavy (non-hydrogen) atoms. The van der Waals surface area contributed by atoms with Gasteiger partial charge < -0.3 is 15.4 Å². The SMILES string of the molecule is CCOC1CCCN(c2cc(S(=O)(=O)NC)ccc2N)C1. The van der Waals surface area contributed by atoms with E-state index < -0.39 is 10.0 Å². The second-order valence-electron chi connectivity index (χ2n) is 5.09. The van der Waals surface area contributed by atoms with Gasteiger partial charge in [0.05, 0.1) is 22.4 Å². The van der Waals surface area contributed by atoms with E-state index in [4.69, 9.17) is 10.5 Å². The minimum atomic E-state index is -3.46. The van der Waals surface area contributed by atoms with Gasteiger partial charge in [0, 0.05) is 19.7 Å². The smallest absolute Gasteiger partial charge is 0.240 e. The second-order valence-corrected chi connectivity index (χ2v) is 6.98. The number of nitrogen functional groups attached to an aromatic ring is 1. The third-order valence-electron chi connectivity index (χ3n) is 3.70. The van der Waals surface area contributed by atoms with E-state index in [1.54, 1.807) is 12.1 Å². The highest BCUT2D eigenvalue weighted by Gasteiger charge is 2.23. The molecular formula is C14H23N3O3S. The van der Waals surface area contributed by atoms with Crippen LogP contribution in [0.25, 0.3) is 0 Å². The van der Waals surface area contributed by atoms with Gasteiger partial charge in [-0.15, -0.1) is 0 Å². The minimum absolute atomic E-state index is 0.174. The fourth-order valence-electron chi connectivity index (χ4n) is 2.61. The second kappa shape index (κ2) is 6.64. The van der Waals surface area contributed by atoms with Crippen LogP contribution < -0.4 is 15.4 Å². The molecule has 0 bridgehead atoms. The summed E-state index contributed by atoms with van der Waals surface area (Å²) in [5.41, 5.74) is 7.37. The van der Waals surface area contributed by atoms with E-state index in [1.807, 2.05) is 6.92 Å². The van der Waals surface area contributed by atoms with Gasteiger partial charge in [-0.3, -0.25) is 0 Å². The van der Waals surface area contributed by atoms with Crippen LogP contribution in [-0.2, 0) is 14.8 Å². The van der Waals surface area contributed by atoms with Crippen molar-refractivity contribution in [1.82, 2.24) is 4.72 Å². The average molecular weight is 313 g/mol. The lowest BCUT2D eigenvalue weighted by molar-refractivity contribution is 0.0527. The zero-order valence-corrected chi connectivity index (χ0v) is 13.3. The molecule has 7 heteroatoms. The van der Waals surface area contributed by atoms with Crippen molar-refractivity contribution in [2.24, 2.45) is 0 Å². The number of benzene rings is 1. The Morgan fingerprint density at radius 2 is 2.24 bits per heavy atom. The summed E-state index contributed by atoms with van der Waals surface area (Å²) in [5, 5.41) is 0. The van der Waals surface area contributed by atoms with Crippen LogP contribution in [0.5, 0.6) is 0 Å². The van der Waals surface area contributed by atoms with Crippen LogP contribution in [0.1, 0.15) is 19.8 Å². The van der Waals surface area contributed by atoms with Crippen molar-refractivity contribution >= 4 is 21.4 Å². The van der Waals surface area contributed by atoms with Crippen LogP contribution in [0, 0.1) is 0 Å². The summed E-state index contributed by atoms with van der Waals surface area (Å²) in [4.78, 5) is 2.33. The number of sulfonamides is 1. The Balaban J connectivity index is 2.28. The molecule has 1 heterocycles. The first-order chi connectivity index (χ1) is 9.97. The number of nitrogens with zero attached hydrogens (tertiary/aromatic N) is 1. The summed E-state index contributed by atoms with van der Waals surface area (Å²) >= 11 is 0. The highest BCUT2D eigenvalue weighted by molar-refractivity contribution is 7.89. The van der Waals surface area contributed by atoms with Gasteiger partial charge >= 0.3 is 0 Å². The molecule has 2 rings (SSSR count). The molecule has 1 saturated heterocycles. The maximum atomic E-state index is 11.9. The lowest BCUT2D eigenvalue weighted by Gasteiger charge is -2.35. The van der Waals surface area contributed by atoms with E-state index in [0.29, 0.717) is 12.3 Å². The Hall–Kier alpha value is -1.31. The van der Waals surface area contributed by atoms with Crippen molar-refractivity contribution in [3.63, 3.8) is 0 Å². The first-order valence-corrected chi connectivity index (χ1v) is 8.66. The van der Waals surface area contributed by atoms with Crippen molar-refractivity contribution < 1.29 is 13.2 Å². The molecule has 0 aliphatic carbocycles. The van der Waals surface area contributed by atoms with Gasteiger partial charge in [-0.25, -0.2) is 13.1 Å².